The number of hydrogen-bond donors (Lipinski definition) is 3. The summed E-state index contributed by atoms with van der Waals surface area (Å²) >= 11 is 0. The van der Waals surface area contributed by atoms with E-state index < -0.39 is 5.60 Å². The van der Waals surface area contributed by atoms with Crippen molar-refractivity contribution in [3.8, 4) is 11.5 Å². The Kier molecular flexibility index (Phi) is 4.46. The zero-order valence-corrected chi connectivity index (χ0v) is 11.7. The lowest BCUT2D eigenvalue weighted by Gasteiger charge is -2.19. The molecule has 2 rings (SSSR count). The Bertz CT molecular complexity index is 483. The average molecular weight is 280 g/mol. The van der Waals surface area contributed by atoms with Crippen molar-refractivity contribution in [2.24, 2.45) is 0 Å². The van der Waals surface area contributed by atoms with Crippen LogP contribution in [-0.4, -0.2) is 42.9 Å². The second-order valence-corrected chi connectivity index (χ2v) is 5.32. The van der Waals surface area contributed by atoms with E-state index in [1.807, 2.05) is 0 Å². The summed E-state index contributed by atoms with van der Waals surface area (Å²) in [5, 5.41) is 15.2. The minimum atomic E-state index is -0.836. The van der Waals surface area contributed by atoms with E-state index in [0.29, 0.717) is 36.9 Å². The molecule has 1 aromatic carbocycles. The zero-order valence-electron chi connectivity index (χ0n) is 11.7. The first-order valence-electron chi connectivity index (χ1n) is 6.57. The van der Waals surface area contributed by atoms with Crippen LogP contribution in [0, 0.1) is 0 Å². The Morgan fingerprint density at radius 3 is 2.70 bits per heavy atom. The lowest BCUT2D eigenvalue weighted by Crippen LogP contribution is -2.38. The molecule has 110 valence electrons. The van der Waals surface area contributed by atoms with Crippen LogP contribution in [0.1, 0.15) is 13.8 Å². The second kappa shape index (κ2) is 6.11. The molecule has 1 aromatic rings. The molecule has 0 fully saturated rings. The highest BCUT2D eigenvalue weighted by atomic mass is 16.6. The van der Waals surface area contributed by atoms with Crippen LogP contribution in [0.5, 0.6) is 11.5 Å². The lowest BCUT2D eigenvalue weighted by molar-refractivity contribution is -0.115. The van der Waals surface area contributed by atoms with E-state index in [1.54, 1.807) is 32.0 Å². The number of carbonyl (C=O) groups is 1. The number of anilines is 1. The molecule has 20 heavy (non-hydrogen) atoms. The van der Waals surface area contributed by atoms with Gasteiger partial charge in [-0.2, -0.15) is 0 Å². The fourth-order valence-corrected chi connectivity index (χ4v) is 1.81. The molecule has 0 aromatic heterocycles. The van der Waals surface area contributed by atoms with Crippen molar-refractivity contribution in [2.45, 2.75) is 19.4 Å². The standard InChI is InChI=1S/C14H20N2O4/c1-14(2,18)9-15-8-13(17)16-10-3-4-11-12(7-10)20-6-5-19-11/h3-4,7,15,18H,5-6,8-9H2,1-2H3,(H,16,17). The fourth-order valence-electron chi connectivity index (χ4n) is 1.81. The molecule has 0 saturated carbocycles. The zero-order chi connectivity index (χ0) is 14.6. The number of aliphatic hydroxyl groups is 1. The summed E-state index contributed by atoms with van der Waals surface area (Å²) < 4.78 is 10.9. The van der Waals surface area contributed by atoms with Gasteiger partial charge in [0, 0.05) is 18.3 Å². The van der Waals surface area contributed by atoms with Gasteiger partial charge < -0.3 is 25.2 Å². The summed E-state index contributed by atoms with van der Waals surface area (Å²) in [5.74, 6) is 1.15. The number of amides is 1. The molecule has 1 heterocycles. The second-order valence-electron chi connectivity index (χ2n) is 5.32. The number of nitrogens with one attached hydrogen (secondary N) is 2. The van der Waals surface area contributed by atoms with E-state index in [-0.39, 0.29) is 12.5 Å². The summed E-state index contributed by atoms with van der Waals surface area (Å²) in [5.41, 5.74) is -0.179. The number of benzene rings is 1. The summed E-state index contributed by atoms with van der Waals surface area (Å²) in [6, 6.07) is 5.28. The Morgan fingerprint density at radius 2 is 2.00 bits per heavy atom. The Balaban J connectivity index is 1.85. The van der Waals surface area contributed by atoms with Gasteiger partial charge >= 0.3 is 0 Å². The van der Waals surface area contributed by atoms with Gasteiger partial charge in [0.2, 0.25) is 5.91 Å². The molecule has 3 N–H and O–H groups in total. The van der Waals surface area contributed by atoms with E-state index in [0.717, 1.165) is 0 Å². The van der Waals surface area contributed by atoms with Gasteiger partial charge in [-0.15, -0.1) is 0 Å². The highest BCUT2D eigenvalue weighted by Gasteiger charge is 2.14. The van der Waals surface area contributed by atoms with Crippen LogP contribution in [0.25, 0.3) is 0 Å². The number of fused-ring (bicyclic) bond motifs is 1. The van der Waals surface area contributed by atoms with Gasteiger partial charge in [0.15, 0.2) is 11.5 Å². The molecule has 0 saturated heterocycles. The normalized spacial score (nSPS) is 13.9. The van der Waals surface area contributed by atoms with Gasteiger partial charge in [-0.05, 0) is 26.0 Å². The summed E-state index contributed by atoms with van der Waals surface area (Å²) in [6.45, 7) is 4.90. The van der Waals surface area contributed by atoms with Gasteiger partial charge in [-0.1, -0.05) is 0 Å². The van der Waals surface area contributed by atoms with Gasteiger partial charge in [0.25, 0.3) is 0 Å². The molecule has 0 atom stereocenters. The van der Waals surface area contributed by atoms with E-state index in [4.69, 9.17) is 9.47 Å². The van der Waals surface area contributed by atoms with Crippen molar-refractivity contribution in [3.63, 3.8) is 0 Å². The Hall–Kier alpha value is -1.79. The molecule has 0 bridgehead atoms. The Labute approximate surface area is 118 Å². The van der Waals surface area contributed by atoms with Gasteiger partial charge in [0.1, 0.15) is 13.2 Å². The van der Waals surface area contributed by atoms with Crippen LogP contribution in [0.15, 0.2) is 18.2 Å². The molecule has 1 amide bonds. The van der Waals surface area contributed by atoms with Crippen molar-refractivity contribution < 1.29 is 19.4 Å². The van der Waals surface area contributed by atoms with Crippen molar-refractivity contribution in [3.05, 3.63) is 18.2 Å². The minimum absolute atomic E-state index is 0.137. The van der Waals surface area contributed by atoms with Crippen molar-refractivity contribution >= 4 is 11.6 Å². The van der Waals surface area contributed by atoms with Crippen LogP contribution in [0.2, 0.25) is 0 Å². The molecule has 6 nitrogen and oxygen atoms in total. The molecular formula is C14H20N2O4. The number of ether oxygens (including phenoxy) is 2. The lowest BCUT2D eigenvalue weighted by atomic mass is 10.1. The molecule has 0 spiro atoms. The third-order valence-electron chi connectivity index (χ3n) is 2.67. The van der Waals surface area contributed by atoms with Gasteiger partial charge in [-0.3, -0.25) is 4.79 Å². The maximum absolute atomic E-state index is 11.7. The predicted molar refractivity (Wildman–Crippen MR) is 75.2 cm³/mol. The van der Waals surface area contributed by atoms with E-state index >= 15 is 0 Å². The van der Waals surface area contributed by atoms with Crippen LogP contribution in [-0.2, 0) is 4.79 Å². The van der Waals surface area contributed by atoms with E-state index in [9.17, 15) is 9.90 Å². The quantitative estimate of drug-likeness (QED) is 0.742. The summed E-state index contributed by atoms with van der Waals surface area (Å²) in [7, 11) is 0. The van der Waals surface area contributed by atoms with Crippen molar-refractivity contribution in [2.75, 3.05) is 31.6 Å². The highest BCUT2D eigenvalue weighted by Crippen LogP contribution is 2.32. The molecule has 1 aliphatic heterocycles. The highest BCUT2D eigenvalue weighted by molar-refractivity contribution is 5.92. The molecule has 0 aliphatic carbocycles. The van der Waals surface area contributed by atoms with E-state index in [2.05, 4.69) is 10.6 Å². The number of rotatable bonds is 5. The maximum Gasteiger partial charge on any atom is 0.238 e. The molecule has 0 radical (unpaired) electrons. The minimum Gasteiger partial charge on any atom is -0.486 e. The van der Waals surface area contributed by atoms with Crippen molar-refractivity contribution in [1.82, 2.24) is 5.32 Å². The van der Waals surface area contributed by atoms with E-state index in [1.165, 1.54) is 0 Å². The third-order valence-corrected chi connectivity index (χ3v) is 2.67. The fraction of sp³-hybridized carbons (Fsp3) is 0.500. The third kappa shape index (κ3) is 4.40. The number of carbonyl (C=O) groups excluding carboxylic acids is 1. The van der Waals surface area contributed by atoms with Crippen LogP contribution in [0.4, 0.5) is 5.69 Å². The monoisotopic (exact) mass is 280 g/mol. The molecule has 1 aliphatic rings. The maximum atomic E-state index is 11.7. The molecule has 6 heteroatoms. The Morgan fingerprint density at radius 1 is 1.30 bits per heavy atom. The number of hydrogen-bond acceptors (Lipinski definition) is 5. The first-order valence-corrected chi connectivity index (χ1v) is 6.57. The molecular weight excluding hydrogens is 260 g/mol. The average Bonchev–Trinajstić information content (AvgIpc) is 2.37. The van der Waals surface area contributed by atoms with Gasteiger partial charge in [-0.25, -0.2) is 0 Å². The predicted octanol–water partition coefficient (Wildman–Crippen LogP) is 0.757. The smallest absolute Gasteiger partial charge is 0.238 e. The topological polar surface area (TPSA) is 79.8 Å². The molecule has 0 unspecified atom stereocenters. The SMILES string of the molecule is CC(C)(O)CNCC(=O)Nc1ccc2c(c1)OCCO2. The van der Waals surface area contributed by atoms with Gasteiger partial charge in [0.05, 0.1) is 12.1 Å². The first-order chi connectivity index (χ1) is 9.44. The summed E-state index contributed by atoms with van der Waals surface area (Å²) in [6.07, 6.45) is 0. The first kappa shape index (κ1) is 14.6. The van der Waals surface area contributed by atoms with Crippen LogP contribution < -0.4 is 20.1 Å². The van der Waals surface area contributed by atoms with Crippen LogP contribution >= 0.6 is 0 Å². The summed E-state index contributed by atoms with van der Waals surface area (Å²) in [4.78, 5) is 11.7. The largest absolute Gasteiger partial charge is 0.486 e. The van der Waals surface area contributed by atoms with Crippen LogP contribution in [0.3, 0.4) is 0 Å². The van der Waals surface area contributed by atoms with Crippen molar-refractivity contribution in [1.29, 1.82) is 0 Å².